The summed E-state index contributed by atoms with van der Waals surface area (Å²) >= 11 is 0. The minimum absolute atomic E-state index is 0.420. The first kappa shape index (κ1) is 14.6. The first-order valence-electron chi connectivity index (χ1n) is 6.07. The number of rotatable bonds is 3. The van der Waals surface area contributed by atoms with Crippen LogP contribution < -0.4 is 10.1 Å². The van der Waals surface area contributed by atoms with E-state index >= 15 is 0 Å². The van der Waals surface area contributed by atoms with Gasteiger partial charge in [-0.2, -0.15) is 0 Å². The maximum atomic E-state index is 10.6. The predicted octanol–water partition coefficient (Wildman–Crippen LogP) is 4.60. The Kier molecular flexibility index (Phi) is 5.95. The Bertz CT molecular complexity index is 512. The number of hydrogen-bond donors (Lipinski definition) is 2. The second-order valence-corrected chi connectivity index (χ2v) is 3.34. The van der Waals surface area contributed by atoms with Crippen LogP contribution in [0.2, 0.25) is 0 Å². The molecule has 0 heterocycles. The first-order chi connectivity index (χ1) is 9.25. The van der Waals surface area contributed by atoms with Gasteiger partial charge in [0.15, 0.2) is 5.75 Å². The molecular formula is C15H17NO3. The van der Waals surface area contributed by atoms with E-state index in [-0.39, 0.29) is 0 Å². The van der Waals surface area contributed by atoms with Gasteiger partial charge in [0.25, 0.3) is 0 Å². The third kappa shape index (κ3) is 4.71. The Morgan fingerprint density at radius 3 is 2.21 bits per heavy atom. The fraction of sp³-hybridized carbons (Fsp3) is 0.133. The first-order valence-corrected chi connectivity index (χ1v) is 6.07. The highest BCUT2D eigenvalue weighted by Gasteiger charge is 2.06. The van der Waals surface area contributed by atoms with Gasteiger partial charge in [0, 0.05) is 0 Å². The third-order valence-electron chi connectivity index (χ3n) is 2.10. The summed E-state index contributed by atoms with van der Waals surface area (Å²) in [4.78, 5) is 10.6. The number of nitrogens with one attached hydrogen (secondary N) is 1. The molecule has 0 bridgehead atoms. The fourth-order valence-electron chi connectivity index (χ4n) is 1.39. The highest BCUT2D eigenvalue weighted by atomic mass is 16.5. The molecule has 0 aliphatic heterocycles. The van der Waals surface area contributed by atoms with E-state index in [1.807, 2.05) is 32.0 Å². The van der Waals surface area contributed by atoms with Crippen LogP contribution in [0.3, 0.4) is 0 Å². The van der Waals surface area contributed by atoms with E-state index in [1.54, 1.807) is 36.4 Å². The number of amides is 1. The van der Waals surface area contributed by atoms with Gasteiger partial charge >= 0.3 is 6.09 Å². The standard InChI is InChI=1S/C13H11NO3.C2H6/c15-13(16)14-11-8-4-5-9-12(11)17-10-6-2-1-3-7-10;1-2/h1-9,14H,(H,15,16);1-2H3. The number of para-hydroxylation sites is 3. The van der Waals surface area contributed by atoms with E-state index in [2.05, 4.69) is 5.32 Å². The maximum absolute atomic E-state index is 10.6. The summed E-state index contributed by atoms with van der Waals surface area (Å²) in [5.41, 5.74) is 0.420. The molecule has 2 aromatic rings. The van der Waals surface area contributed by atoms with Crippen LogP contribution in [-0.4, -0.2) is 11.2 Å². The highest BCUT2D eigenvalue weighted by molar-refractivity contribution is 5.85. The molecule has 0 spiro atoms. The lowest BCUT2D eigenvalue weighted by molar-refractivity contribution is 0.209. The summed E-state index contributed by atoms with van der Waals surface area (Å²) in [6.45, 7) is 4.00. The van der Waals surface area contributed by atoms with Crippen LogP contribution in [0.4, 0.5) is 10.5 Å². The number of carboxylic acid groups (broad SMARTS) is 1. The topological polar surface area (TPSA) is 58.6 Å². The number of ether oxygens (including phenoxy) is 1. The molecule has 1 amide bonds. The SMILES string of the molecule is CC.O=C(O)Nc1ccccc1Oc1ccccc1. The summed E-state index contributed by atoms with van der Waals surface area (Å²) in [6, 6.07) is 16.1. The van der Waals surface area contributed by atoms with Crippen LogP contribution in [0.5, 0.6) is 11.5 Å². The Hall–Kier alpha value is -2.49. The van der Waals surface area contributed by atoms with Crippen LogP contribution in [0.15, 0.2) is 54.6 Å². The smallest absolute Gasteiger partial charge is 0.409 e. The molecule has 0 unspecified atom stereocenters. The van der Waals surface area contributed by atoms with Crippen LogP contribution in [-0.2, 0) is 0 Å². The maximum Gasteiger partial charge on any atom is 0.409 e. The van der Waals surface area contributed by atoms with Crippen molar-refractivity contribution >= 4 is 11.8 Å². The average molecular weight is 259 g/mol. The van der Waals surface area contributed by atoms with Crippen molar-refractivity contribution in [3.63, 3.8) is 0 Å². The Morgan fingerprint density at radius 2 is 1.58 bits per heavy atom. The van der Waals surface area contributed by atoms with Crippen LogP contribution >= 0.6 is 0 Å². The number of anilines is 1. The molecular weight excluding hydrogens is 242 g/mol. The monoisotopic (exact) mass is 259 g/mol. The van der Waals surface area contributed by atoms with Crippen molar-refractivity contribution in [2.24, 2.45) is 0 Å². The number of carbonyl (C=O) groups is 1. The number of hydrogen-bond acceptors (Lipinski definition) is 2. The minimum Gasteiger partial charge on any atom is -0.465 e. The fourth-order valence-corrected chi connectivity index (χ4v) is 1.39. The molecule has 100 valence electrons. The van der Waals surface area contributed by atoms with Crippen LogP contribution in [0.25, 0.3) is 0 Å². The zero-order valence-electron chi connectivity index (χ0n) is 11.0. The molecule has 0 aromatic heterocycles. The average Bonchev–Trinajstić information content (AvgIpc) is 2.44. The van der Waals surface area contributed by atoms with Crippen molar-refractivity contribution in [1.82, 2.24) is 0 Å². The Balaban J connectivity index is 0.000000861. The Morgan fingerprint density at radius 1 is 1.00 bits per heavy atom. The van der Waals surface area contributed by atoms with Crippen molar-refractivity contribution in [2.75, 3.05) is 5.32 Å². The van der Waals surface area contributed by atoms with Gasteiger partial charge in [-0.05, 0) is 24.3 Å². The molecule has 0 fully saturated rings. The summed E-state index contributed by atoms with van der Waals surface area (Å²) < 4.78 is 5.58. The van der Waals surface area contributed by atoms with Crippen molar-refractivity contribution in [2.45, 2.75) is 13.8 Å². The highest BCUT2D eigenvalue weighted by Crippen LogP contribution is 2.28. The molecule has 0 saturated carbocycles. The van der Waals surface area contributed by atoms with E-state index in [0.717, 1.165) is 0 Å². The van der Waals surface area contributed by atoms with E-state index in [0.29, 0.717) is 17.2 Å². The summed E-state index contributed by atoms with van der Waals surface area (Å²) in [6.07, 6.45) is -1.12. The molecule has 4 nitrogen and oxygen atoms in total. The van der Waals surface area contributed by atoms with Gasteiger partial charge in [-0.15, -0.1) is 0 Å². The molecule has 19 heavy (non-hydrogen) atoms. The predicted molar refractivity (Wildman–Crippen MR) is 76.0 cm³/mol. The van der Waals surface area contributed by atoms with E-state index in [9.17, 15) is 4.79 Å². The van der Waals surface area contributed by atoms with Crippen molar-refractivity contribution in [3.05, 3.63) is 54.6 Å². The van der Waals surface area contributed by atoms with Crippen molar-refractivity contribution in [3.8, 4) is 11.5 Å². The lowest BCUT2D eigenvalue weighted by Gasteiger charge is -2.10. The normalized spacial score (nSPS) is 8.95. The zero-order valence-corrected chi connectivity index (χ0v) is 11.0. The molecule has 2 rings (SSSR count). The quantitative estimate of drug-likeness (QED) is 0.847. The molecule has 0 aliphatic carbocycles. The van der Waals surface area contributed by atoms with Crippen molar-refractivity contribution in [1.29, 1.82) is 0 Å². The van der Waals surface area contributed by atoms with E-state index in [1.165, 1.54) is 0 Å². The molecule has 2 aromatic carbocycles. The number of benzene rings is 2. The third-order valence-corrected chi connectivity index (χ3v) is 2.10. The van der Waals surface area contributed by atoms with Gasteiger partial charge < -0.3 is 9.84 Å². The summed E-state index contributed by atoms with van der Waals surface area (Å²) in [7, 11) is 0. The molecule has 4 heteroatoms. The van der Waals surface area contributed by atoms with Crippen LogP contribution in [0.1, 0.15) is 13.8 Å². The van der Waals surface area contributed by atoms with E-state index < -0.39 is 6.09 Å². The van der Waals surface area contributed by atoms with Gasteiger partial charge in [0.1, 0.15) is 5.75 Å². The van der Waals surface area contributed by atoms with Crippen molar-refractivity contribution < 1.29 is 14.6 Å². The molecule has 0 saturated heterocycles. The Labute approximate surface area is 112 Å². The van der Waals surface area contributed by atoms with Gasteiger partial charge in [0.05, 0.1) is 5.69 Å². The zero-order chi connectivity index (χ0) is 14.1. The van der Waals surface area contributed by atoms with Gasteiger partial charge in [-0.1, -0.05) is 44.2 Å². The lowest BCUT2D eigenvalue weighted by atomic mass is 10.3. The summed E-state index contributed by atoms with van der Waals surface area (Å²) in [5.74, 6) is 1.13. The van der Waals surface area contributed by atoms with Gasteiger partial charge in [-0.25, -0.2) is 4.79 Å². The molecule has 0 atom stereocenters. The second-order valence-electron chi connectivity index (χ2n) is 3.34. The molecule has 0 aliphatic rings. The molecule has 0 radical (unpaired) electrons. The largest absolute Gasteiger partial charge is 0.465 e. The van der Waals surface area contributed by atoms with Crippen LogP contribution in [0, 0.1) is 0 Å². The summed E-state index contributed by atoms with van der Waals surface area (Å²) in [5, 5.41) is 11.0. The minimum atomic E-state index is -1.12. The van der Waals surface area contributed by atoms with E-state index in [4.69, 9.17) is 9.84 Å². The van der Waals surface area contributed by atoms with Gasteiger partial charge in [-0.3, -0.25) is 5.32 Å². The van der Waals surface area contributed by atoms with Gasteiger partial charge in [0.2, 0.25) is 0 Å². The lowest BCUT2D eigenvalue weighted by Crippen LogP contribution is -2.08. The second kappa shape index (κ2) is 7.76. The molecule has 2 N–H and O–H groups in total.